The van der Waals surface area contributed by atoms with E-state index >= 15 is 0 Å². The first-order chi connectivity index (χ1) is 20.3. The fraction of sp³-hybridized carbons (Fsp3) is 0.314. The maximum absolute atomic E-state index is 6.48. The summed E-state index contributed by atoms with van der Waals surface area (Å²) in [6, 6.07) is 37.3. The quantitative estimate of drug-likeness (QED) is 0.305. The SMILES string of the molecule is c1ccc(O[C@@H]2CN3CCCN4C[C@@H](Oc5ccccc5)[C@H]4c4ccccc4OCCOc4ccccc4[C@H]23)cc1. The molecule has 210 valence electrons. The standard InChI is InChI=1S/C35H36N2O4/c1-3-12-26(13-4-1)40-32-24-36-20-11-21-37-25-33(41-27-14-5-2-6-15-27)35(37)29-17-8-10-19-31(29)39-23-22-38-30-18-9-7-16-28(30)34(32)36/h1-10,12-19,32-35H,11,20-25H2/t32-,33-,34-,35-/m1/s1. The fourth-order valence-corrected chi connectivity index (χ4v) is 6.38. The topological polar surface area (TPSA) is 43.4 Å². The van der Waals surface area contributed by atoms with Crippen LogP contribution in [0.15, 0.2) is 109 Å². The molecule has 6 nitrogen and oxygen atoms in total. The number of benzene rings is 4. The Balaban J connectivity index is 1.14. The molecule has 4 atom stereocenters. The van der Waals surface area contributed by atoms with Crippen molar-refractivity contribution in [2.45, 2.75) is 30.7 Å². The third-order valence-corrected chi connectivity index (χ3v) is 8.35. The number of rotatable bonds is 4. The molecule has 0 aliphatic carbocycles. The van der Waals surface area contributed by atoms with Crippen LogP contribution in [0.5, 0.6) is 23.0 Å². The minimum Gasteiger partial charge on any atom is -0.490 e. The van der Waals surface area contributed by atoms with E-state index in [1.54, 1.807) is 0 Å². The van der Waals surface area contributed by atoms with E-state index in [4.69, 9.17) is 18.9 Å². The second kappa shape index (κ2) is 11.9. The van der Waals surface area contributed by atoms with Gasteiger partial charge in [-0.15, -0.1) is 0 Å². The molecule has 0 N–H and O–H groups in total. The van der Waals surface area contributed by atoms with E-state index in [1.807, 2.05) is 72.8 Å². The molecule has 0 radical (unpaired) electrons. The van der Waals surface area contributed by atoms with Crippen LogP contribution >= 0.6 is 0 Å². The summed E-state index contributed by atoms with van der Waals surface area (Å²) in [5.74, 6) is 3.61. The molecule has 3 aliphatic heterocycles. The van der Waals surface area contributed by atoms with Crippen LogP contribution in [0.3, 0.4) is 0 Å². The van der Waals surface area contributed by atoms with Crippen molar-refractivity contribution >= 4 is 0 Å². The highest BCUT2D eigenvalue weighted by atomic mass is 16.5. The average Bonchev–Trinajstić information content (AvgIpc) is 2.99. The highest BCUT2D eigenvalue weighted by Gasteiger charge is 2.45. The highest BCUT2D eigenvalue weighted by molar-refractivity contribution is 5.40. The minimum absolute atomic E-state index is 0.0683. The van der Waals surface area contributed by atoms with Crippen LogP contribution in [-0.4, -0.2) is 61.4 Å². The van der Waals surface area contributed by atoms with Crippen LogP contribution in [0, 0.1) is 0 Å². The number of fused-ring (bicyclic) bond motifs is 6. The number of hydrogen-bond acceptors (Lipinski definition) is 6. The van der Waals surface area contributed by atoms with Gasteiger partial charge in [0.05, 0.1) is 12.1 Å². The van der Waals surface area contributed by atoms with Crippen molar-refractivity contribution in [3.05, 3.63) is 120 Å². The largest absolute Gasteiger partial charge is 0.490 e. The molecule has 0 saturated carbocycles. The molecule has 4 aromatic carbocycles. The van der Waals surface area contributed by atoms with Gasteiger partial charge in [0.15, 0.2) is 0 Å². The smallest absolute Gasteiger partial charge is 0.131 e. The predicted molar refractivity (Wildman–Crippen MR) is 159 cm³/mol. The molecule has 3 aliphatic rings. The molecule has 0 spiro atoms. The molecule has 2 saturated heterocycles. The Morgan fingerprint density at radius 3 is 1.39 bits per heavy atom. The van der Waals surface area contributed by atoms with Crippen molar-refractivity contribution in [2.75, 3.05) is 39.4 Å². The van der Waals surface area contributed by atoms with E-state index in [1.165, 1.54) is 11.1 Å². The first-order valence-electron chi connectivity index (χ1n) is 14.7. The van der Waals surface area contributed by atoms with E-state index in [-0.39, 0.29) is 24.3 Å². The van der Waals surface area contributed by atoms with Gasteiger partial charge in [-0.05, 0) is 42.8 Å². The zero-order valence-electron chi connectivity index (χ0n) is 23.2. The van der Waals surface area contributed by atoms with Crippen molar-refractivity contribution in [3.63, 3.8) is 0 Å². The molecule has 6 heteroatoms. The molecule has 41 heavy (non-hydrogen) atoms. The van der Waals surface area contributed by atoms with Crippen molar-refractivity contribution < 1.29 is 18.9 Å². The van der Waals surface area contributed by atoms with E-state index < -0.39 is 0 Å². The van der Waals surface area contributed by atoms with Crippen LogP contribution < -0.4 is 18.9 Å². The summed E-state index contributed by atoms with van der Waals surface area (Å²) in [6.07, 6.45) is 1.19. The molecule has 7 rings (SSSR count). The molecular weight excluding hydrogens is 512 g/mol. The molecule has 0 bridgehead atoms. The summed E-state index contributed by atoms with van der Waals surface area (Å²) >= 11 is 0. The van der Waals surface area contributed by atoms with Gasteiger partial charge in [0.1, 0.15) is 48.4 Å². The van der Waals surface area contributed by atoms with Crippen LogP contribution in [0.4, 0.5) is 0 Å². The predicted octanol–water partition coefficient (Wildman–Crippen LogP) is 6.16. The van der Waals surface area contributed by atoms with Crippen LogP contribution in [-0.2, 0) is 0 Å². The molecule has 3 heterocycles. The van der Waals surface area contributed by atoms with E-state index in [9.17, 15) is 0 Å². The first-order valence-corrected chi connectivity index (χ1v) is 14.7. The molecule has 0 amide bonds. The van der Waals surface area contributed by atoms with Gasteiger partial charge in [-0.25, -0.2) is 0 Å². The number of ether oxygens (including phenoxy) is 4. The lowest BCUT2D eigenvalue weighted by atomic mass is 9.89. The second-order valence-corrected chi connectivity index (χ2v) is 10.9. The third-order valence-electron chi connectivity index (χ3n) is 8.35. The lowest BCUT2D eigenvalue weighted by molar-refractivity contribution is -0.0650. The minimum atomic E-state index is 0.0683. The summed E-state index contributed by atoms with van der Waals surface area (Å²) in [7, 11) is 0. The van der Waals surface area contributed by atoms with Crippen molar-refractivity contribution in [1.29, 1.82) is 0 Å². The van der Waals surface area contributed by atoms with Gasteiger partial charge in [-0.3, -0.25) is 9.80 Å². The van der Waals surface area contributed by atoms with Gasteiger partial charge in [-0.2, -0.15) is 0 Å². The van der Waals surface area contributed by atoms with Crippen molar-refractivity contribution in [1.82, 2.24) is 9.80 Å². The molecule has 4 aromatic rings. The van der Waals surface area contributed by atoms with E-state index in [0.717, 1.165) is 55.6 Å². The molecule has 0 aromatic heterocycles. The van der Waals surface area contributed by atoms with Crippen molar-refractivity contribution in [3.8, 4) is 23.0 Å². The number of hydrogen-bond donors (Lipinski definition) is 0. The summed E-state index contributed by atoms with van der Waals surface area (Å²) in [5.41, 5.74) is 2.35. The highest BCUT2D eigenvalue weighted by Crippen LogP contribution is 2.43. The zero-order valence-corrected chi connectivity index (χ0v) is 23.2. The van der Waals surface area contributed by atoms with Crippen molar-refractivity contribution in [2.24, 2.45) is 0 Å². The van der Waals surface area contributed by atoms with E-state index in [2.05, 4.69) is 46.2 Å². The summed E-state index contributed by atoms with van der Waals surface area (Å²) in [6.45, 7) is 4.67. The van der Waals surface area contributed by atoms with Gasteiger partial charge >= 0.3 is 0 Å². The van der Waals surface area contributed by atoms with Crippen LogP contribution in [0.25, 0.3) is 0 Å². The lowest BCUT2D eigenvalue weighted by Crippen LogP contribution is -2.58. The second-order valence-electron chi connectivity index (χ2n) is 10.9. The lowest BCUT2D eigenvalue weighted by Gasteiger charge is -2.50. The number of para-hydroxylation sites is 4. The maximum Gasteiger partial charge on any atom is 0.131 e. The Morgan fingerprint density at radius 1 is 0.512 bits per heavy atom. The Morgan fingerprint density at radius 2 is 0.927 bits per heavy atom. The molecule has 0 unspecified atom stereocenters. The average molecular weight is 549 g/mol. The Bertz CT molecular complexity index is 1320. The monoisotopic (exact) mass is 548 g/mol. The maximum atomic E-state index is 6.48. The fourth-order valence-electron chi connectivity index (χ4n) is 6.38. The third kappa shape index (κ3) is 5.50. The van der Waals surface area contributed by atoms with Crippen LogP contribution in [0.2, 0.25) is 0 Å². The number of nitrogens with zero attached hydrogens (tertiary/aromatic N) is 2. The summed E-state index contributed by atoms with van der Waals surface area (Å²) in [4.78, 5) is 5.07. The van der Waals surface area contributed by atoms with Gasteiger partial charge in [0.25, 0.3) is 0 Å². The van der Waals surface area contributed by atoms with Crippen LogP contribution in [0.1, 0.15) is 29.6 Å². The van der Waals surface area contributed by atoms with Gasteiger partial charge < -0.3 is 18.9 Å². The molecular formula is C35H36N2O4. The Labute approximate surface area is 242 Å². The van der Waals surface area contributed by atoms with Gasteiger partial charge in [0.2, 0.25) is 0 Å². The zero-order chi connectivity index (χ0) is 27.4. The normalized spacial score (nSPS) is 24.6. The Hall–Kier alpha value is -4.00. The Kier molecular flexibility index (Phi) is 7.50. The van der Waals surface area contributed by atoms with E-state index in [0.29, 0.717) is 13.2 Å². The van der Waals surface area contributed by atoms with Gasteiger partial charge in [-0.1, -0.05) is 72.8 Å². The van der Waals surface area contributed by atoms with Gasteiger partial charge in [0, 0.05) is 37.3 Å². The summed E-state index contributed by atoms with van der Waals surface area (Å²) in [5, 5.41) is 0. The molecule has 2 fully saturated rings. The summed E-state index contributed by atoms with van der Waals surface area (Å²) < 4.78 is 25.7. The first kappa shape index (κ1) is 25.9.